The van der Waals surface area contributed by atoms with Crippen LogP contribution in [0.3, 0.4) is 0 Å². The van der Waals surface area contributed by atoms with Crippen LogP contribution in [0, 0.1) is 17.3 Å². The molecule has 0 aromatic carbocycles. The van der Waals surface area contributed by atoms with E-state index in [1.54, 1.807) is 0 Å². The normalized spacial score (nSPS) is 27.3. The van der Waals surface area contributed by atoms with Crippen molar-refractivity contribution in [1.82, 2.24) is 0 Å². The Hall–Kier alpha value is -2.60. The SMILES string of the molecule is C=C(CCC1=CC2C=C(CCC3(C)CCCC3)C=CC2=C1)C1=CC(=C)C2C=CC=CC2=C1. The standard InChI is InChI=1S/C32H36/c1-23(29-18-24(2)31-9-5-4-8-28(31)22-29)10-11-26-20-27-13-12-25(19-30(27)21-26)14-17-32(3)15-6-7-16-32/h4-5,8-9,12-13,18-22,30-31H,1-2,6-7,10-11,14-17H2,3H3. The van der Waals surface area contributed by atoms with Gasteiger partial charge in [0.05, 0.1) is 0 Å². The molecule has 0 heteroatoms. The Morgan fingerprint density at radius 3 is 2.59 bits per heavy atom. The number of fused-ring (bicyclic) bond motifs is 2. The van der Waals surface area contributed by atoms with Crippen molar-refractivity contribution in [1.29, 1.82) is 0 Å². The van der Waals surface area contributed by atoms with Crippen molar-refractivity contribution in [3.63, 3.8) is 0 Å². The Bertz CT molecular complexity index is 1060. The molecular weight excluding hydrogens is 384 g/mol. The monoisotopic (exact) mass is 420 g/mol. The van der Waals surface area contributed by atoms with Crippen LogP contribution in [-0.4, -0.2) is 0 Å². The van der Waals surface area contributed by atoms with E-state index in [2.05, 4.69) is 86.9 Å². The van der Waals surface area contributed by atoms with Gasteiger partial charge in [-0.2, -0.15) is 0 Å². The number of rotatable bonds is 7. The average molecular weight is 421 g/mol. The van der Waals surface area contributed by atoms with Crippen LogP contribution in [0.1, 0.15) is 58.3 Å². The van der Waals surface area contributed by atoms with E-state index in [0.29, 0.717) is 17.3 Å². The van der Waals surface area contributed by atoms with Crippen LogP contribution in [-0.2, 0) is 0 Å². The molecular formula is C32H36. The van der Waals surface area contributed by atoms with Crippen LogP contribution in [0.25, 0.3) is 0 Å². The fourth-order valence-electron chi connectivity index (χ4n) is 5.91. The van der Waals surface area contributed by atoms with Gasteiger partial charge in [-0.3, -0.25) is 0 Å². The first-order valence-corrected chi connectivity index (χ1v) is 12.5. The Morgan fingerprint density at radius 2 is 1.75 bits per heavy atom. The van der Waals surface area contributed by atoms with Gasteiger partial charge in [-0.1, -0.05) is 111 Å². The quantitative estimate of drug-likeness (QED) is 0.386. The van der Waals surface area contributed by atoms with E-state index in [-0.39, 0.29) is 0 Å². The summed E-state index contributed by atoms with van der Waals surface area (Å²) in [6.45, 7) is 11.2. The molecule has 0 spiro atoms. The largest absolute Gasteiger partial charge is 0.0952 e. The van der Waals surface area contributed by atoms with Gasteiger partial charge in [-0.05, 0) is 71.8 Å². The second kappa shape index (κ2) is 8.74. The van der Waals surface area contributed by atoms with Gasteiger partial charge in [-0.15, -0.1) is 0 Å². The van der Waals surface area contributed by atoms with E-state index in [4.69, 9.17) is 0 Å². The van der Waals surface area contributed by atoms with E-state index in [9.17, 15) is 0 Å². The Morgan fingerprint density at radius 1 is 0.938 bits per heavy atom. The molecule has 0 N–H and O–H groups in total. The molecule has 0 aromatic heterocycles. The molecule has 0 bridgehead atoms. The van der Waals surface area contributed by atoms with Crippen LogP contribution < -0.4 is 0 Å². The first-order valence-electron chi connectivity index (χ1n) is 12.5. The molecule has 2 unspecified atom stereocenters. The van der Waals surface area contributed by atoms with Gasteiger partial charge in [0.1, 0.15) is 0 Å². The van der Waals surface area contributed by atoms with E-state index >= 15 is 0 Å². The molecule has 0 nitrogen and oxygen atoms in total. The summed E-state index contributed by atoms with van der Waals surface area (Å²) < 4.78 is 0. The fraction of sp³-hybridized carbons (Fsp3) is 0.375. The molecule has 1 fully saturated rings. The van der Waals surface area contributed by atoms with Crippen LogP contribution in [0.2, 0.25) is 0 Å². The summed E-state index contributed by atoms with van der Waals surface area (Å²) >= 11 is 0. The van der Waals surface area contributed by atoms with E-state index in [1.165, 1.54) is 77.5 Å². The summed E-state index contributed by atoms with van der Waals surface area (Å²) in [4.78, 5) is 0. The predicted octanol–water partition coefficient (Wildman–Crippen LogP) is 8.83. The zero-order valence-corrected chi connectivity index (χ0v) is 19.6. The van der Waals surface area contributed by atoms with Gasteiger partial charge >= 0.3 is 0 Å². The summed E-state index contributed by atoms with van der Waals surface area (Å²) in [6.07, 6.45) is 35.6. The van der Waals surface area contributed by atoms with Gasteiger partial charge < -0.3 is 0 Å². The second-order valence-corrected chi connectivity index (χ2v) is 10.6. The molecule has 0 amide bonds. The molecule has 5 rings (SSSR count). The summed E-state index contributed by atoms with van der Waals surface area (Å²) in [5.41, 5.74) is 9.98. The minimum absolute atomic E-state index is 0.339. The minimum atomic E-state index is 0.339. The number of hydrogen-bond donors (Lipinski definition) is 0. The van der Waals surface area contributed by atoms with Crippen molar-refractivity contribution >= 4 is 0 Å². The van der Waals surface area contributed by atoms with Crippen LogP contribution in [0.4, 0.5) is 0 Å². The first kappa shape index (κ1) is 21.3. The van der Waals surface area contributed by atoms with Crippen molar-refractivity contribution in [2.75, 3.05) is 0 Å². The zero-order valence-electron chi connectivity index (χ0n) is 19.6. The zero-order chi connectivity index (χ0) is 22.1. The summed E-state index contributed by atoms with van der Waals surface area (Å²) in [7, 11) is 0. The summed E-state index contributed by atoms with van der Waals surface area (Å²) in [6, 6.07) is 0. The maximum absolute atomic E-state index is 4.41. The Labute approximate surface area is 194 Å². The molecule has 0 heterocycles. The van der Waals surface area contributed by atoms with Gasteiger partial charge in [0.15, 0.2) is 0 Å². The highest BCUT2D eigenvalue weighted by atomic mass is 14.3. The van der Waals surface area contributed by atoms with Gasteiger partial charge in [0, 0.05) is 11.8 Å². The maximum Gasteiger partial charge on any atom is 0.0267 e. The highest BCUT2D eigenvalue weighted by molar-refractivity contribution is 5.56. The number of allylic oxidation sites excluding steroid dienone is 18. The van der Waals surface area contributed by atoms with E-state index in [0.717, 1.165) is 12.8 Å². The van der Waals surface area contributed by atoms with Crippen molar-refractivity contribution in [2.24, 2.45) is 17.3 Å². The topological polar surface area (TPSA) is 0 Å². The lowest BCUT2D eigenvalue weighted by molar-refractivity contribution is 0.309. The third-order valence-corrected chi connectivity index (χ3v) is 8.09. The van der Waals surface area contributed by atoms with Crippen molar-refractivity contribution in [3.05, 3.63) is 119 Å². The molecule has 0 aliphatic heterocycles. The Balaban J connectivity index is 1.18. The fourth-order valence-corrected chi connectivity index (χ4v) is 5.91. The molecule has 0 aromatic rings. The first-order chi connectivity index (χ1) is 15.5. The molecule has 2 atom stereocenters. The lowest BCUT2D eigenvalue weighted by Crippen LogP contribution is -2.11. The smallest absolute Gasteiger partial charge is 0.0267 e. The van der Waals surface area contributed by atoms with E-state index < -0.39 is 0 Å². The lowest BCUT2D eigenvalue weighted by Gasteiger charge is -2.24. The molecule has 0 saturated heterocycles. The lowest BCUT2D eigenvalue weighted by atomic mass is 9.80. The molecule has 5 aliphatic rings. The van der Waals surface area contributed by atoms with Crippen molar-refractivity contribution in [2.45, 2.75) is 58.3 Å². The van der Waals surface area contributed by atoms with Crippen LogP contribution in [0.15, 0.2) is 119 Å². The molecule has 32 heavy (non-hydrogen) atoms. The highest BCUT2D eigenvalue weighted by Gasteiger charge is 2.28. The minimum Gasteiger partial charge on any atom is -0.0952 e. The average Bonchev–Trinajstić information content (AvgIpc) is 3.42. The molecule has 0 radical (unpaired) electrons. The maximum atomic E-state index is 4.41. The third-order valence-electron chi connectivity index (χ3n) is 8.09. The second-order valence-electron chi connectivity index (χ2n) is 10.6. The van der Waals surface area contributed by atoms with Crippen LogP contribution >= 0.6 is 0 Å². The van der Waals surface area contributed by atoms with Gasteiger partial charge in [-0.25, -0.2) is 0 Å². The van der Waals surface area contributed by atoms with Crippen molar-refractivity contribution < 1.29 is 0 Å². The molecule has 1 saturated carbocycles. The third kappa shape index (κ3) is 4.46. The van der Waals surface area contributed by atoms with Crippen molar-refractivity contribution in [3.8, 4) is 0 Å². The predicted molar refractivity (Wildman–Crippen MR) is 138 cm³/mol. The van der Waals surface area contributed by atoms with Gasteiger partial charge in [0.2, 0.25) is 0 Å². The van der Waals surface area contributed by atoms with Gasteiger partial charge in [0.25, 0.3) is 0 Å². The summed E-state index contributed by atoms with van der Waals surface area (Å²) in [5.74, 6) is 0.816. The highest BCUT2D eigenvalue weighted by Crippen LogP contribution is 2.43. The molecule has 164 valence electrons. The summed E-state index contributed by atoms with van der Waals surface area (Å²) in [5, 5.41) is 0. The Kier molecular flexibility index (Phi) is 5.80. The van der Waals surface area contributed by atoms with Crippen LogP contribution in [0.5, 0.6) is 0 Å². The number of hydrogen-bond acceptors (Lipinski definition) is 0. The molecule has 5 aliphatic carbocycles. The van der Waals surface area contributed by atoms with E-state index in [1.807, 2.05) is 0 Å².